The van der Waals surface area contributed by atoms with Crippen molar-refractivity contribution in [3.8, 4) is 23.0 Å². The second kappa shape index (κ2) is 9.71. The van der Waals surface area contributed by atoms with Crippen LogP contribution in [-0.2, 0) is 6.18 Å². The number of hydrogen-bond acceptors (Lipinski definition) is 7. The maximum absolute atomic E-state index is 14.1. The second-order valence-electron chi connectivity index (χ2n) is 7.02. The molecule has 4 rings (SSSR count). The molecule has 0 aliphatic heterocycles. The minimum atomic E-state index is -4.72. The zero-order chi connectivity index (χ0) is 25.0. The van der Waals surface area contributed by atoms with Gasteiger partial charge in [-0.1, -0.05) is 6.07 Å². The first-order chi connectivity index (χ1) is 16.7. The number of alkyl halides is 3. The van der Waals surface area contributed by atoms with E-state index in [2.05, 4.69) is 30.6 Å². The molecule has 35 heavy (non-hydrogen) atoms. The van der Waals surface area contributed by atoms with Crippen molar-refractivity contribution in [2.75, 3.05) is 17.7 Å². The molecule has 0 aliphatic rings. The fraction of sp³-hybridized carbons (Fsp3) is 0.0870. The summed E-state index contributed by atoms with van der Waals surface area (Å²) >= 11 is 0. The molecule has 4 aromatic rings. The van der Waals surface area contributed by atoms with Gasteiger partial charge in [0.15, 0.2) is 5.82 Å². The molecule has 178 valence electrons. The Hall–Kier alpha value is -4.61. The highest BCUT2D eigenvalue weighted by molar-refractivity contribution is 6.04. The van der Waals surface area contributed by atoms with Crippen LogP contribution in [0.2, 0.25) is 0 Å². The number of anilines is 2. The zero-order valence-corrected chi connectivity index (χ0v) is 18.0. The molecule has 2 aromatic carbocycles. The third kappa shape index (κ3) is 5.49. The maximum Gasteiger partial charge on any atom is 0.416 e. The maximum atomic E-state index is 14.1. The van der Waals surface area contributed by atoms with Crippen molar-refractivity contribution in [1.29, 1.82) is 0 Å². The summed E-state index contributed by atoms with van der Waals surface area (Å²) in [7, 11) is 1.66. The van der Waals surface area contributed by atoms with Crippen LogP contribution in [0.15, 0.2) is 67.1 Å². The predicted octanol–water partition coefficient (Wildman–Crippen LogP) is 5.18. The number of pyridine rings is 1. The molecule has 0 fully saturated rings. The van der Waals surface area contributed by atoms with Gasteiger partial charge in [-0.15, -0.1) is 0 Å². The van der Waals surface area contributed by atoms with Crippen molar-refractivity contribution in [3.63, 3.8) is 0 Å². The number of carbonyl (C=O) groups excluding carboxylic acids is 1. The van der Waals surface area contributed by atoms with Crippen molar-refractivity contribution in [2.45, 2.75) is 6.18 Å². The number of benzene rings is 2. The van der Waals surface area contributed by atoms with Gasteiger partial charge in [-0.3, -0.25) is 4.79 Å². The molecule has 0 atom stereocenters. The summed E-state index contributed by atoms with van der Waals surface area (Å²) in [4.78, 5) is 29.0. The van der Waals surface area contributed by atoms with Crippen LogP contribution in [0.1, 0.15) is 15.9 Å². The van der Waals surface area contributed by atoms with E-state index in [9.17, 15) is 22.4 Å². The summed E-state index contributed by atoms with van der Waals surface area (Å²) < 4.78 is 58.8. The Balaban J connectivity index is 1.57. The van der Waals surface area contributed by atoms with Gasteiger partial charge in [-0.2, -0.15) is 18.2 Å². The second-order valence-corrected chi connectivity index (χ2v) is 7.02. The van der Waals surface area contributed by atoms with Crippen LogP contribution >= 0.6 is 0 Å². The van der Waals surface area contributed by atoms with E-state index in [1.165, 1.54) is 30.7 Å². The molecule has 0 saturated heterocycles. The van der Waals surface area contributed by atoms with Crippen LogP contribution in [0.3, 0.4) is 0 Å². The fourth-order valence-corrected chi connectivity index (χ4v) is 3.01. The van der Waals surface area contributed by atoms with Crippen LogP contribution in [0.4, 0.5) is 29.2 Å². The number of rotatable bonds is 6. The van der Waals surface area contributed by atoms with Crippen LogP contribution in [-0.4, -0.2) is 32.9 Å². The summed E-state index contributed by atoms with van der Waals surface area (Å²) in [5.74, 6) is -1.08. The molecule has 2 heterocycles. The van der Waals surface area contributed by atoms with E-state index in [0.717, 1.165) is 0 Å². The number of hydrogen-bond donors (Lipinski definition) is 2. The van der Waals surface area contributed by atoms with Crippen molar-refractivity contribution in [3.05, 3.63) is 84.1 Å². The van der Waals surface area contributed by atoms with E-state index < -0.39 is 29.0 Å². The van der Waals surface area contributed by atoms with E-state index in [1.807, 2.05) is 0 Å². The Morgan fingerprint density at radius 3 is 2.60 bits per heavy atom. The molecule has 0 aliphatic carbocycles. The number of ether oxygens (including phenoxy) is 1. The van der Waals surface area contributed by atoms with Gasteiger partial charge in [0.2, 0.25) is 11.8 Å². The van der Waals surface area contributed by atoms with E-state index in [-0.39, 0.29) is 17.3 Å². The minimum Gasteiger partial charge on any atom is -0.438 e. The SMILES string of the molecule is CNc1ncnc(-c2cccnc2Oc2cccc(NC(=O)c3cc(C(F)(F)F)ccc3F)c2)n1. The van der Waals surface area contributed by atoms with Crippen LogP contribution in [0.25, 0.3) is 11.4 Å². The first-order valence-corrected chi connectivity index (χ1v) is 10.0. The Kier molecular flexibility index (Phi) is 6.53. The summed E-state index contributed by atoms with van der Waals surface area (Å²) in [5, 5.41) is 5.19. The van der Waals surface area contributed by atoms with E-state index in [4.69, 9.17) is 4.74 Å². The van der Waals surface area contributed by atoms with Crippen molar-refractivity contribution in [1.82, 2.24) is 19.9 Å². The normalized spacial score (nSPS) is 11.1. The average Bonchev–Trinajstić information content (AvgIpc) is 2.84. The number of nitrogens with zero attached hydrogens (tertiary/aromatic N) is 4. The third-order valence-corrected chi connectivity index (χ3v) is 4.65. The molecule has 1 amide bonds. The van der Waals surface area contributed by atoms with Gasteiger partial charge in [0.25, 0.3) is 5.91 Å². The van der Waals surface area contributed by atoms with Gasteiger partial charge in [-0.05, 0) is 42.5 Å². The van der Waals surface area contributed by atoms with Crippen molar-refractivity contribution >= 4 is 17.5 Å². The highest BCUT2D eigenvalue weighted by Gasteiger charge is 2.32. The van der Waals surface area contributed by atoms with Gasteiger partial charge in [0, 0.05) is 25.0 Å². The van der Waals surface area contributed by atoms with Gasteiger partial charge in [-0.25, -0.2) is 19.3 Å². The number of halogens is 4. The molecule has 0 bridgehead atoms. The number of nitrogens with one attached hydrogen (secondary N) is 2. The summed E-state index contributed by atoms with van der Waals surface area (Å²) in [6, 6.07) is 11.0. The summed E-state index contributed by atoms with van der Waals surface area (Å²) in [6.07, 6.45) is -1.89. The Labute approximate surface area is 196 Å². The molecule has 12 heteroatoms. The number of carbonyl (C=O) groups is 1. The van der Waals surface area contributed by atoms with E-state index >= 15 is 0 Å². The lowest BCUT2D eigenvalue weighted by molar-refractivity contribution is -0.137. The first kappa shape index (κ1) is 23.5. The standard InChI is InChI=1S/C23H16F4N6O2/c1-28-22-31-12-30-19(33-22)16-6-3-9-29-21(16)35-15-5-2-4-14(11-15)32-20(34)17-10-13(23(25,26)27)7-8-18(17)24/h2-12H,1H3,(H,32,34)(H,28,30,31,33). The molecule has 0 radical (unpaired) electrons. The van der Waals surface area contributed by atoms with E-state index in [0.29, 0.717) is 35.5 Å². The quantitative estimate of drug-likeness (QED) is 0.364. The zero-order valence-electron chi connectivity index (χ0n) is 18.0. The fourth-order valence-electron chi connectivity index (χ4n) is 3.01. The van der Waals surface area contributed by atoms with Gasteiger partial charge < -0.3 is 15.4 Å². The van der Waals surface area contributed by atoms with Crippen molar-refractivity contribution in [2.24, 2.45) is 0 Å². The number of aromatic nitrogens is 4. The first-order valence-electron chi connectivity index (χ1n) is 10.0. The van der Waals surface area contributed by atoms with Crippen LogP contribution < -0.4 is 15.4 Å². The molecule has 0 saturated carbocycles. The van der Waals surface area contributed by atoms with Gasteiger partial charge in [0.05, 0.1) is 16.7 Å². The Morgan fingerprint density at radius 1 is 1.00 bits per heavy atom. The molecule has 0 spiro atoms. The molecule has 8 nitrogen and oxygen atoms in total. The highest BCUT2D eigenvalue weighted by atomic mass is 19.4. The van der Waals surface area contributed by atoms with Crippen LogP contribution in [0.5, 0.6) is 11.6 Å². The smallest absolute Gasteiger partial charge is 0.416 e. The van der Waals surface area contributed by atoms with Crippen LogP contribution in [0, 0.1) is 5.82 Å². The molecule has 0 unspecified atom stereocenters. The minimum absolute atomic E-state index is 0.160. The Morgan fingerprint density at radius 2 is 1.83 bits per heavy atom. The molecular formula is C23H16F4N6O2. The van der Waals surface area contributed by atoms with Gasteiger partial charge >= 0.3 is 6.18 Å². The predicted molar refractivity (Wildman–Crippen MR) is 118 cm³/mol. The lowest BCUT2D eigenvalue weighted by Gasteiger charge is -2.12. The Bertz CT molecular complexity index is 1380. The lowest BCUT2D eigenvalue weighted by Crippen LogP contribution is -2.16. The topological polar surface area (TPSA) is 102 Å². The summed E-state index contributed by atoms with van der Waals surface area (Å²) in [6.45, 7) is 0. The average molecular weight is 484 g/mol. The lowest BCUT2D eigenvalue weighted by atomic mass is 10.1. The molecule has 2 aromatic heterocycles. The molecular weight excluding hydrogens is 468 g/mol. The van der Waals surface area contributed by atoms with Crippen molar-refractivity contribution < 1.29 is 27.1 Å². The monoisotopic (exact) mass is 484 g/mol. The van der Waals surface area contributed by atoms with E-state index in [1.54, 1.807) is 25.2 Å². The third-order valence-electron chi connectivity index (χ3n) is 4.65. The van der Waals surface area contributed by atoms with Gasteiger partial charge in [0.1, 0.15) is 17.9 Å². The molecule has 2 N–H and O–H groups in total. The number of amides is 1. The summed E-state index contributed by atoms with van der Waals surface area (Å²) in [5.41, 5.74) is -1.25. The highest BCUT2D eigenvalue weighted by Crippen LogP contribution is 2.32. The largest absolute Gasteiger partial charge is 0.438 e.